The zero-order valence-electron chi connectivity index (χ0n) is 8.39. The number of rotatable bonds is 4. The molecule has 0 saturated carbocycles. The Hall–Kier alpha value is -0.0400. The van der Waals surface area contributed by atoms with Gasteiger partial charge in [0.15, 0.2) is 0 Å². The van der Waals surface area contributed by atoms with Gasteiger partial charge >= 0.3 is 0 Å². The van der Waals surface area contributed by atoms with E-state index in [0.29, 0.717) is 0 Å². The van der Waals surface area contributed by atoms with E-state index in [9.17, 15) is 0 Å². The van der Waals surface area contributed by atoms with Crippen LogP contribution < -0.4 is 0 Å². The standard InChI is InChI=1S/C11H22N/c1-2-3-6-9-12-10-7-4-5-8-11-12/h4H,2-3,5-11H2,1H3. The molecule has 12 heavy (non-hydrogen) atoms. The molecule has 1 heterocycles. The third-order valence-corrected chi connectivity index (χ3v) is 2.61. The molecule has 0 atom stereocenters. The second-order valence-electron chi connectivity index (χ2n) is 3.77. The van der Waals surface area contributed by atoms with Gasteiger partial charge in [0.1, 0.15) is 0 Å². The zero-order valence-corrected chi connectivity index (χ0v) is 8.39. The van der Waals surface area contributed by atoms with E-state index in [1.165, 1.54) is 58.2 Å². The predicted molar refractivity (Wildman–Crippen MR) is 54.1 cm³/mol. The van der Waals surface area contributed by atoms with Crippen molar-refractivity contribution in [2.45, 2.75) is 45.4 Å². The van der Waals surface area contributed by atoms with Crippen molar-refractivity contribution in [1.82, 2.24) is 4.90 Å². The Bertz CT molecular complexity index is 93.2. The fourth-order valence-electron chi connectivity index (χ4n) is 1.80. The molecular formula is C11H22N. The lowest BCUT2D eigenvalue weighted by Crippen LogP contribution is -2.25. The summed E-state index contributed by atoms with van der Waals surface area (Å²) in [7, 11) is 0. The lowest BCUT2D eigenvalue weighted by Gasteiger charge is -2.18. The van der Waals surface area contributed by atoms with Gasteiger partial charge in [-0.3, -0.25) is 0 Å². The summed E-state index contributed by atoms with van der Waals surface area (Å²) < 4.78 is 0. The Kier molecular flexibility index (Phi) is 5.42. The second kappa shape index (κ2) is 6.47. The van der Waals surface area contributed by atoms with Crippen LogP contribution in [-0.2, 0) is 0 Å². The molecule has 0 aromatic carbocycles. The average Bonchev–Trinajstić information content (AvgIpc) is 2.33. The van der Waals surface area contributed by atoms with E-state index in [4.69, 9.17) is 0 Å². The van der Waals surface area contributed by atoms with Crippen molar-refractivity contribution in [2.75, 3.05) is 19.6 Å². The van der Waals surface area contributed by atoms with Crippen LogP contribution in [0.5, 0.6) is 0 Å². The van der Waals surface area contributed by atoms with E-state index >= 15 is 0 Å². The Morgan fingerprint density at radius 1 is 1.17 bits per heavy atom. The summed E-state index contributed by atoms with van der Waals surface area (Å²) in [4.78, 5) is 2.62. The summed E-state index contributed by atoms with van der Waals surface area (Å²) in [5, 5.41) is 0. The van der Waals surface area contributed by atoms with Gasteiger partial charge in [-0.2, -0.15) is 0 Å². The minimum Gasteiger partial charge on any atom is -0.303 e. The largest absolute Gasteiger partial charge is 0.303 e. The first-order valence-corrected chi connectivity index (χ1v) is 5.47. The number of hydrogen-bond donors (Lipinski definition) is 0. The van der Waals surface area contributed by atoms with Crippen LogP contribution in [0.2, 0.25) is 0 Å². The monoisotopic (exact) mass is 168 g/mol. The molecule has 0 unspecified atom stereocenters. The number of unbranched alkanes of at least 4 members (excludes halogenated alkanes) is 2. The van der Waals surface area contributed by atoms with E-state index in [0.717, 1.165) is 0 Å². The lowest BCUT2D eigenvalue weighted by atomic mass is 10.2. The summed E-state index contributed by atoms with van der Waals surface area (Å²) in [6.07, 6.45) is 10.6. The molecule has 1 saturated heterocycles. The van der Waals surface area contributed by atoms with E-state index in [1.807, 2.05) is 0 Å². The quantitative estimate of drug-likeness (QED) is 0.583. The van der Waals surface area contributed by atoms with E-state index in [2.05, 4.69) is 18.2 Å². The first kappa shape index (κ1) is 10.0. The van der Waals surface area contributed by atoms with Crippen LogP contribution in [0.4, 0.5) is 0 Å². The summed E-state index contributed by atoms with van der Waals surface area (Å²) in [5.41, 5.74) is 0. The maximum absolute atomic E-state index is 2.62. The highest BCUT2D eigenvalue weighted by Gasteiger charge is 2.07. The van der Waals surface area contributed by atoms with Crippen molar-refractivity contribution in [1.29, 1.82) is 0 Å². The van der Waals surface area contributed by atoms with Crippen LogP contribution in [0.15, 0.2) is 0 Å². The molecule has 0 N–H and O–H groups in total. The molecule has 0 bridgehead atoms. The van der Waals surface area contributed by atoms with Crippen molar-refractivity contribution in [3.8, 4) is 0 Å². The SMILES string of the molecule is CCCCCN1CC[CH]CCC1. The summed E-state index contributed by atoms with van der Waals surface area (Å²) in [5.74, 6) is 0. The highest BCUT2D eigenvalue weighted by Crippen LogP contribution is 2.09. The van der Waals surface area contributed by atoms with Gasteiger partial charge in [-0.25, -0.2) is 0 Å². The molecule has 1 aliphatic rings. The number of likely N-dealkylation sites (tertiary alicyclic amines) is 1. The molecule has 0 amide bonds. The van der Waals surface area contributed by atoms with Crippen LogP contribution in [0.1, 0.15) is 45.4 Å². The number of nitrogens with zero attached hydrogens (tertiary/aromatic N) is 1. The van der Waals surface area contributed by atoms with Crippen molar-refractivity contribution in [3.63, 3.8) is 0 Å². The van der Waals surface area contributed by atoms with Crippen LogP contribution in [-0.4, -0.2) is 24.5 Å². The van der Waals surface area contributed by atoms with Crippen molar-refractivity contribution >= 4 is 0 Å². The molecule has 1 rings (SSSR count). The van der Waals surface area contributed by atoms with Gasteiger partial charge in [0, 0.05) is 0 Å². The van der Waals surface area contributed by atoms with E-state index in [-0.39, 0.29) is 0 Å². The third-order valence-electron chi connectivity index (χ3n) is 2.61. The Morgan fingerprint density at radius 3 is 2.92 bits per heavy atom. The van der Waals surface area contributed by atoms with Gasteiger partial charge in [-0.05, 0) is 51.7 Å². The molecule has 1 fully saturated rings. The Labute approximate surface area is 77.1 Å². The maximum Gasteiger partial charge on any atom is -0.00160 e. The molecule has 1 nitrogen and oxygen atoms in total. The normalized spacial score (nSPS) is 20.8. The fraction of sp³-hybridized carbons (Fsp3) is 0.909. The fourth-order valence-corrected chi connectivity index (χ4v) is 1.80. The Balaban J connectivity index is 2.04. The summed E-state index contributed by atoms with van der Waals surface area (Å²) >= 11 is 0. The minimum absolute atomic E-state index is 1.31. The molecule has 1 heteroatoms. The maximum atomic E-state index is 2.62. The van der Waals surface area contributed by atoms with Crippen LogP contribution in [0, 0.1) is 6.42 Å². The predicted octanol–water partition coefficient (Wildman–Crippen LogP) is 2.87. The van der Waals surface area contributed by atoms with Gasteiger partial charge in [-0.15, -0.1) is 0 Å². The van der Waals surface area contributed by atoms with Crippen LogP contribution >= 0.6 is 0 Å². The van der Waals surface area contributed by atoms with Crippen molar-refractivity contribution in [3.05, 3.63) is 6.42 Å². The van der Waals surface area contributed by atoms with Crippen LogP contribution in [0.3, 0.4) is 0 Å². The molecule has 1 aliphatic heterocycles. The van der Waals surface area contributed by atoms with E-state index < -0.39 is 0 Å². The van der Waals surface area contributed by atoms with Gasteiger partial charge in [0.05, 0.1) is 0 Å². The number of hydrogen-bond acceptors (Lipinski definition) is 1. The molecule has 0 aliphatic carbocycles. The average molecular weight is 168 g/mol. The van der Waals surface area contributed by atoms with Crippen molar-refractivity contribution < 1.29 is 0 Å². The first-order chi connectivity index (χ1) is 5.93. The van der Waals surface area contributed by atoms with Crippen LogP contribution in [0.25, 0.3) is 0 Å². The molecule has 0 spiro atoms. The van der Waals surface area contributed by atoms with Gasteiger partial charge in [0.25, 0.3) is 0 Å². The first-order valence-electron chi connectivity index (χ1n) is 5.47. The van der Waals surface area contributed by atoms with Gasteiger partial charge < -0.3 is 4.90 Å². The molecule has 0 aromatic rings. The zero-order chi connectivity index (χ0) is 8.65. The highest BCUT2D eigenvalue weighted by atomic mass is 15.1. The van der Waals surface area contributed by atoms with Gasteiger partial charge in [0.2, 0.25) is 0 Å². The smallest absolute Gasteiger partial charge is 0.00160 e. The Morgan fingerprint density at radius 2 is 2.08 bits per heavy atom. The molecular weight excluding hydrogens is 146 g/mol. The summed E-state index contributed by atoms with van der Waals surface area (Å²) in [6.45, 7) is 6.25. The van der Waals surface area contributed by atoms with E-state index in [1.54, 1.807) is 0 Å². The van der Waals surface area contributed by atoms with Gasteiger partial charge in [-0.1, -0.05) is 19.8 Å². The topological polar surface area (TPSA) is 3.24 Å². The highest BCUT2D eigenvalue weighted by molar-refractivity contribution is 4.73. The third kappa shape index (κ3) is 4.10. The summed E-state index contributed by atoms with van der Waals surface area (Å²) in [6, 6.07) is 0. The molecule has 1 radical (unpaired) electrons. The molecule has 71 valence electrons. The minimum atomic E-state index is 1.31. The second-order valence-corrected chi connectivity index (χ2v) is 3.77. The lowest BCUT2D eigenvalue weighted by molar-refractivity contribution is 0.280. The van der Waals surface area contributed by atoms with Crippen molar-refractivity contribution in [2.24, 2.45) is 0 Å². The molecule has 0 aromatic heterocycles.